The lowest BCUT2D eigenvalue weighted by Crippen LogP contribution is -2.33. The summed E-state index contributed by atoms with van der Waals surface area (Å²) >= 11 is 0. The van der Waals surface area contributed by atoms with E-state index >= 15 is 0 Å². The van der Waals surface area contributed by atoms with Gasteiger partial charge in [-0.15, -0.1) is 0 Å². The van der Waals surface area contributed by atoms with Crippen molar-refractivity contribution in [3.63, 3.8) is 0 Å². The molecule has 16 heavy (non-hydrogen) atoms. The van der Waals surface area contributed by atoms with E-state index in [-0.39, 0.29) is 5.82 Å². The largest absolute Gasteiger partial charge is 0.387 e. The Morgan fingerprint density at radius 1 is 1.69 bits per heavy atom. The van der Waals surface area contributed by atoms with E-state index in [2.05, 4.69) is 10.3 Å². The van der Waals surface area contributed by atoms with Crippen LogP contribution in [-0.4, -0.2) is 36.1 Å². The Balaban J connectivity index is 2.27. The van der Waals surface area contributed by atoms with Gasteiger partial charge in [0.25, 0.3) is 0 Å². The Labute approximate surface area is 93.4 Å². The number of aromatic nitrogens is 1. The van der Waals surface area contributed by atoms with Gasteiger partial charge in [0, 0.05) is 19.6 Å². The van der Waals surface area contributed by atoms with Crippen LogP contribution in [0.3, 0.4) is 0 Å². The molecule has 1 aromatic rings. The van der Waals surface area contributed by atoms with Crippen LogP contribution in [0.5, 0.6) is 0 Å². The Morgan fingerprint density at radius 3 is 3.12 bits per heavy atom. The summed E-state index contributed by atoms with van der Waals surface area (Å²) in [4.78, 5) is 16.2. The highest BCUT2D eigenvalue weighted by atomic mass is 16.6. The first-order valence-electron chi connectivity index (χ1n) is 5.23. The van der Waals surface area contributed by atoms with Crippen molar-refractivity contribution in [2.24, 2.45) is 0 Å². The summed E-state index contributed by atoms with van der Waals surface area (Å²) in [5, 5.41) is 14.1. The highest BCUT2D eigenvalue weighted by molar-refractivity contribution is 5.59. The summed E-state index contributed by atoms with van der Waals surface area (Å²) in [6.45, 7) is 1.83. The van der Waals surface area contributed by atoms with Crippen molar-refractivity contribution >= 4 is 11.5 Å². The molecule has 1 fully saturated rings. The lowest BCUT2D eigenvalue weighted by molar-refractivity contribution is -0.388. The second kappa shape index (κ2) is 4.44. The lowest BCUT2D eigenvalue weighted by atomic mass is 10.2. The van der Waals surface area contributed by atoms with Crippen LogP contribution in [-0.2, 0) is 0 Å². The number of likely N-dealkylation sites (N-methyl/N-ethyl adjacent to an activating group) is 1. The van der Waals surface area contributed by atoms with Gasteiger partial charge >= 0.3 is 5.82 Å². The van der Waals surface area contributed by atoms with Crippen LogP contribution in [0.4, 0.5) is 11.5 Å². The van der Waals surface area contributed by atoms with Crippen LogP contribution >= 0.6 is 0 Å². The van der Waals surface area contributed by atoms with Gasteiger partial charge in [-0.25, -0.2) is 0 Å². The molecular formula is C10H14N4O2. The molecule has 6 nitrogen and oxygen atoms in total. The topological polar surface area (TPSA) is 71.3 Å². The predicted molar refractivity (Wildman–Crippen MR) is 60.6 cm³/mol. The number of pyridine rings is 1. The first kappa shape index (κ1) is 10.8. The van der Waals surface area contributed by atoms with E-state index in [0.29, 0.717) is 11.7 Å². The average Bonchev–Trinajstić information content (AvgIpc) is 2.81. The van der Waals surface area contributed by atoms with E-state index in [9.17, 15) is 10.1 Å². The molecule has 0 aliphatic carbocycles. The van der Waals surface area contributed by atoms with Crippen LogP contribution in [0.2, 0.25) is 0 Å². The third-order valence-electron chi connectivity index (χ3n) is 2.90. The number of nitro groups is 1. The van der Waals surface area contributed by atoms with Crippen molar-refractivity contribution < 1.29 is 4.92 Å². The SMILES string of the molecule is CN(c1cccnc1[N+](=O)[O-])C1CCNC1. The van der Waals surface area contributed by atoms with Crippen LogP contribution in [0.1, 0.15) is 6.42 Å². The highest BCUT2D eigenvalue weighted by Gasteiger charge is 2.25. The number of hydrogen-bond donors (Lipinski definition) is 1. The molecule has 0 amide bonds. The van der Waals surface area contributed by atoms with E-state index in [0.717, 1.165) is 19.5 Å². The Hall–Kier alpha value is -1.69. The standard InChI is InChI=1S/C10H14N4O2/c1-13(8-4-6-11-7-8)9-3-2-5-12-10(9)14(15)16/h2-3,5,8,11H,4,6-7H2,1H3. The number of nitrogens with one attached hydrogen (secondary N) is 1. The van der Waals surface area contributed by atoms with Crippen molar-refractivity contribution in [2.75, 3.05) is 25.0 Å². The zero-order chi connectivity index (χ0) is 11.5. The zero-order valence-electron chi connectivity index (χ0n) is 9.09. The van der Waals surface area contributed by atoms with Gasteiger partial charge in [-0.3, -0.25) is 0 Å². The molecule has 0 radical (unpaired) electrons. The number of rotatable bonds is 3. The normalized spacial score (nSPS) is 19.7. The van der Waals surface area contributed by atoms with Crippen LogP contribution in [0.15, 0.2) is 18.3 Å². The molecular weight excluding hydrogens is 208 g/mol. The molecule has 1 aliphatic rings. The maximum absolute atomic E-state index is 10.8. The Morgan fingerprint density at radius 2 is 2.50 bits per heavy atom. The first-order valence-corrected chi connectivity index (χ1v) is 5.23. The van der Waals surface area contributed by atoms with E-state index in [1.54, 1.807) is 12.1 Å². The quantitative estimate of drug-likeness (QED) is 0.604. The van der Waals surface area contributed by atoms with Gasteiger partial charge in [-0.1, -0.05) is 0 Å². The summed E-state index contributed by atoms with van der Waals surface area (Å²) in [6.07, 6.45) is 2.45. The maximum atomic E-state index is 10.8. The lowest BCUT2D eigenvalue weighted by Gasteiger charge is -2.24. The minimum atomic E-state index is -0.436. The first-order chi connectivity index (χ1) is 7.70. The van der Waals surface area contributed by atoms with Crippen molar-refractivity contribution in [1.82, 2.24) is 10.3 Å². The Bertz CT molecular complexity index is 390. The third-order valence-corrected chi connectivity index (χ3v) is 2.90. The number of nitrogens with zero attached hydrogens (tertiary/aromatic N) is 3. The van der Waals surface area contributed by atoms with Gasteiger partial charge in [0.1, 0.15) is 11.9 Å². The maximum Gasteiger partial charge on any atom is 0.387 e. The second-order valence-electron chi connectivity index (χ2n) is 3.86. The molecule has 0 aromatic carbocycles. The van der Waals surface area contributed by atoms with E-state index in [1.165, 1.54) is 6.20 Å². The van der Waals surface area contributed by atoms with Crippen LogP contribution in [0, 0.1) is 10.1 Å². The van der Waals surface area contributed by atoms with Gasteiger partial charge in [-0.2, -0.15) is 0 Å². The molecule has 0 saturated carbocycles. The number of anilines is 1. The molecule has 1 aliphatic heterocycles. The molecule has 0 spiro atoms. The van der Waals surface area contributed by atoms with Gasteiger partial charge in [0.05, 0.1) is 0 Å². The van der Waals surface area contributed by atoms with Crippen LogP contribution in [0.25, 0.3) is 0 Å². The van der Waals surface area contributed by atoms with Crippen molar-refractivity contribution in [1.29, 1.82) is 0 Å². The monoisotopic (exact) mass is 222 g/mol. The minimum absolute atomic E-state index is 0.0723. The predicted octanol–water partition coefficient (Wildman–Crippen LogP) is 0.788. The molecule has 1 atom stereocenters. The molecule has 1 N–H and O–H groups in total. The van der Waals surface area contributed by atoms with Crippen molar-refractivity contribution in [2.45, 2.75) is 12.5 Å². The minimum Gasteiger partial charge on any atom is -0.363 e. The average molecular weight is 222 g/mol. The molecule has 1 unspecified atom stereocenters. The second-order valence-corrected chi connectivity index (χ2v) is 3.86. The highest BCUT2D eigenvalue weighted by Crippen LogP contribution is 2.26. The van der Waals surface area contributed by atoms with Crippen LogP contribution < -0.4 is 10.2 Å². The summed E-state index contributed by atoms with van der Waals surface area (Å²) in [5.41, 5.74) is 0.584. The van der Waals surface area contributed by atoms with Crippen molar-refractivity contribution in [3.8, 4) is 0 Å². The Kier molecular flexibility index (Phi) is 3.00. The van der Waals surface area contributed by atoms with Crippen molar-refractivity contribution in [3.05, 3.63) is 28.4 Å². The summed E-state index contributed by atoms with van der Waals surface area (Å²) in [5.74, 6) is -0.0723. The molecule has 1 aromatic heterocycles. The van der Waals surface area contributed by atoms with E-state index in [1.807, 2.05) is 11.9 Å². The smallest absolute Gasteiger partial charge is 0.363 e. The van der Waals surface area contributed by atoms with Gasteiger partial charge < -0.3 is 20.3 Å². The molecule has 2 heterocycles. The summed E-state index contributed by atoms with van der Waals surface area (Å²) < 4.78 is 0. The van der Waals surface area contributed by atoms with Gasteiger partial charge in [0.15, 0.2) is 0 Å². The van der Waals surface area contributed by atoms with Gasteiger partial charge in [0.2, 0.25) is 0 Å². The summed E-state index contributed by atoms with van der Waals surface area (Å²) in [7, 11) is 1.88. The van der Waals surface area contributed by atoms with E-state index in [4.69, 9.17) is 0 Å². The molecule has 6 heteroatoms. The zero-order valence-corrected chi connectivity index (χ0v) is 9.09. The summed E-state index contributed by atoms with van der Waals surface area (Å²) in [6, 6.07) is 3.77. The van der Waals surface area contributed by atoms with E-state index < -0.39 is 4.92 Å². The fourth-order valence-corrected chi connectivity index (χ4v) is 1.97. The molecule has 1 saturated heterocycles. The van der Waals surface area contributed by atoms with Gasteiger partial charge in [-0.05, 0) is 35.0 Å². The number of hydrogen-bond acceptors (Lipinski definition) is 5. The fraction of sp³-hybridized carbons (Fsp3) is 0.500. The molecule has 0 bridgehead atoms. The molecule has 86 valence electrons. The fourth-order valence-electron chi connectivity index (χ4n) is 1.97. The third kappa shape index (κ3) is 1.96. The molecule has 2 rings (SSSR count).